The van der Waals surface area contributed by atoms with Gasteiger partial charge in [-0.05, 0) is 48.7 Å². The zero-order valence-electron chi connectivity index (χ0n) is 18.6. The van der Waals surface area contributed by atoms with E-state index in [1.54, 1.807) is 35.3 Å². The first-order chi connectivity index (χ1) is 16.0. The highest BCUT2D eigenvalue weighted by molar-refractivity contribution is 6.30. The highest BCUT2D eigenvalue weighted by atomic mass is 35.5. The average Bonchev–Trinajstić information content (AvgIpc) is 3.25. The summed E-state index contributed by atoms with van der Waals surface area (Å²) in [5.41, 5.74) is 5.20. The highest BCUT2D eigenvalue weighted by Gasteiger charge is 2.20. The topological polar surface area (TPSA) is 71.8 Å². The fourth-order valence-corrected chi connectivity index (χ4v) is 3.67. The second kappa shape index (κ2) is 10.4. The van der Waals surface area contributed by atoms with E-state index < -0.39 is 6.04 Å². The molecule has 4 aromatic rings. The van der Waals surface area contributed by atoms with Crippen LogP contribution in [0.5, 0.6) is 0 Å². The first-order valence-electron chi connectivity index (χ1n) is 10.8. The van der Waals surface area contributed by atoms with Gasteiger partial charge in [-0.1, -0.05) is 53.6 Å². The molecular formula is C26H26ClN5O. The van der Waals surface area contributed by atoms with Crippen molar-refractivity contribution < 1.29 is 4.79 Å². The molecule has 2 heterocycles. The van der Waals surface area contributed by atoms with Crippen LogP contribution in [0.15, 0.2) is 79.3 Å². The molecule has 0 saturated carbocycles. The van der Waals surface area contributed by atoms with Crippen LogP contribution < -0.4 is 10.6 Å². The smallest absolute Gasteiger partial charge is 0.247 e. The Hall–Kier alpha value is -3.48. The second-order valence-electron chi connectivity index (χ2n) is 8.00. The number of carbonyl (C=O) groups excluding carboxylic acids is 1. The Morgan fingerprint density at radius 2 is 1.76 bits per heavy atom. The summed E-state index contributed by atoms with van der Waals surface area (Å²) in [5.74, 6) is 0.315. The lowest BCUT2D eigenvalue weighted by Gasteiger charge is -2.19. The standard InChI is InChI=1S/C26H26ClN5O/c1-18-3-5-19(6-4-18)13-14-28-25(20-7-10-23(27)11-8-20)26(33)31-24-12-9-21(15-29-24)22-16-30-32(2)17-22/h3-12,15-17,25,28H,13-14H2,1-2H3,(H,29,31,33)/t25-/m0/s1. The number of nitrogens with zero attached hydrogens (tertiary/aromatic N) is 3. The minimum atomic E-state index is -0.535. The van der Waals surface area contributed by atoms with Gasteiger partial charge >= 0.3 is 0 Å². The minimum absolute atomic E-state index is 0.178. The van der Waals surface area contributed by atoms with Crippen LogP contribution in [-0.4, -0.2) is 27.2 Å². The molecule has 7 heteroatoms. The number of rotatable bonds is 8. The number of anilines is 1. The number of hydrogen-bond donors (Lipinski definition) is 2. The van der Waals surface area contributed by atoms with Gasteiger partial charge in [-0.15, -0.1) is 0 Å². The molecule has 33 heavy (non-hydrogen) atoms. The largest absolute Gasteiger partial charge is 0.309 e. The van der Waals surface area contributed by atoms with Gasteiger partial charge in [0.1, 0.15) is 11.9 Å². The first kappa shape index (κ1) is 22.7. The van der Waals surface area contributed by atoms with Gasteiger partial charge < -0.3 is 10.6 Å². The predicted molar refractivity (Wildman–Crippen MR) is 132 cm³/mol. The number of aromatic nitrogens is 3. The summed E-state index contributed by atoms with van der Waals surface area (Å²) >= 11 is 6.05. The molecule has 2 N–H and O–H groups in total. The Kier molecular flexibility index (Phi) is 7.17. The number of carbonyl (C=O) groups is 1. The molecule has 1 amide bonds. The lowest BCUT2D eigenvalue weighted by Crippen LogP contribution is -2.34. The Morgan fingerprint density at radius 1 is 1.00 bits per heavy atom. The molecule has 2 aromatic heterocycles. The van der Waals surface area contributed by atoms with E-state index in [1.165, 1.54) is 11.1 Å². The van der Waals surface area contributed by atoms with E-state index in [2.05, 4.69) is 51.9 Å². The van der Waals surface area contributed by atoms with Crippen LogP contribution in [0.25, 0.3) is 11.1 Å². The molecule has 0 aliphatic rings. The van der Waals surface area contributed by atoms with E-state index in [4.69, 9.17) is 11.6 Å². The van der Waals surface area contributed by atoms with Crippen LogP contribution in [-0.2, 0) is 18.3 Å². The highest BCUT2D eigenvalue weighted by Crippen LogP contribution is 2.21. The van der Waals surface area contributed by atoms with Gasteiger partial charge in [0.2, 0.25) is 5.91 Å². The van der Waals surface area contributed by atoms with E-state index >= 15 is 0 Å². The van der Waals surface area contributed by atoms with Gasteiger partial charge in [-0.2, -0.15) is 5.10 Å². The number of pyridine rings is 1. The third-order valence-corrected chi connectivity index (χ3v) is 5.65. The number of halogens is 1. The van der Waals surface area contributed by atoms with Gasteiger partial charge in [-0.25, -0.2) is 4.98 Å². The molecule has 1 atom stereocenters. The van der Waals surface area contributed by atoms with E-state index in [0.29, 0.717) is 17.4 Å². The van der Waals surface area contributed by atoms with Crippen molar-refractivity contribution >= 4 is 23.3 Å². The molecule has 168 valence electrons. The third-order valence-electron chi connectivity index (χ3n) is 5.40. The molecule has 0 aliphatic heterocycles. The van der Waals surface area contributed by atoms with Crippen LogP contribution in [0.2, 0.25) is 5.02 Å². The molecule has 0 saturated heterocycles. The van der Waals surface area contributed by atoms with E-state index in [1.807, 2.05) is 31.4 Å². The lowest BCUT2D eigenvalue weighted by molar-refractivity contribution is -0.118. The van der Waals surface area contributed by atoms with Crippen molar-refractivity contribution in [3.63, 3.8) is 0 Å². The number of hydrogen-bond acceptors (Lipinski definition) is 4. The summed E-state index contributed by atoms with van der Waals surface area (Å²) in [6, 6.07) is 18.9. The van der Waals surface area contributed by atoms with Gasteiger partial charge in [-0.3, -0.25) is 9.48 Å². The Balaban J connectivity index is 1.45. The van der Waals surface area contributed by atoms with Crippen molar-refractivity contribution in [3.8, 4) is 11.1 Å². The molecule has 4 rings (SSSR count). The molecule has 0 unspecified atom stereocenters. The third kappa shape index (κ3) is 6.06. The monoisotopic (exact) mass is 459 g/mol. The fourth-order valence-electron chi connectivity index (χ4n) is 3.54. The zero-order chi connectivity index (χ0) is 23.2. The van der Waals surface area contributed by atoms with Crippen molar-refractivity contribution in [2.75, 3.05) is 11.9 Å². The first-order valence-corrected chi connectivity index (χ1v) is 11.2. The quantitative estimate of drug-likeness (QED) is 0.391. The number of aryl methyl sites for hydroxylation is 2. The summed E-state index contributed by atoms with van der Waals surface area (Å²) in [7, 11) is 1.87. The van der Waals surface area contributed by atoms with Gasteiger partial charge in [0.05, 0.1) is 6.20 Å². The fraction of sp³-hybridized carbons (Fsp3) is 0.192. The summed E-state index contributed by atoms with van der Waals surface area (Å²) in [5, 5.41) is 11.1. The van der Waals surface area contributed by atoms with Crippen molar-refractivity contribution in [3.05, 3.63) is 101 Å². The molecule has 0 aliphatic carbocycles. The normalized spacial score (nSPS) is 11.8. The molecule has 0 spiro atoms. The predicted octanol–water partition coefficient (Wildman–Crippen LogP) is 4.96. The summed E-state index contributed by atoms with van der Waals surface area (Å²) in [4.78, 5) is 17.6. The summed E-state index contributed by atoms with van der Waals surface area (Å²) < 4.78 is 1.74. The molecule has 0 fully saturated rings. The van der Waals surface area contributed by atoms with Gasteiger partial charge in [0.15, 0.2) is 0 Å². The van der Waals surface area contributed by atoms with Crippen LogP contribution in [0.4, 0.5) is 5.82 Å². The number of amides is 1. The van der Waals surface area contributed by atoms with Gasteiger partial charge in [0.25, 0.3) is 0 Å². The van der Waals surface area contributed by atoms with Crippen LogP contribution >= 0.6 is 11.6 Å². The van der Waals surface area contributed by atoms with Crippen molar-refractivity contribution in [1.29, 1.82) is 0 Å². The maximum Gasteiger partial charge on any atom is 0.247 e. The number of nitrogens with one attached hydrogen (secondary N) is 2. The van der Waals surface area contributed by atoms with E-state index in [-0.39, 0.29) is 5.91 Å². The van der Waals surface area contributed by atoms with Crippen LogP contribution in [0.3, 0.4) is 0 Å². The van der Waals surface area contributed by atoms with E-state index in [9.17, 15) is 4.79 Å². The maximum absolute atomic E-state index is 13.2. The maximum atomic E-state index is 13.2. The van der Waals surface area contributed by atoms with Crippen molar-refractivity contribution in [2.45, 2.75) is 19.4 Å². The summed E-state index contributed by atoms with van der Waals surface area (Å²) in [6.45, 7) is 2.72. The SMILES string of the molecule is Cc1ccc(CCN[C@H](C(=O)Nc2ccc(-c3cnn(C)c3)cn2)c2ccc(Cl)cc2)cc1. The second-order valence-corrected chi connectivity index (χ2v) is 8.43. The number of benzene rings is 2. The Morgan fingerprint density at radius 3 is 2.39 bits per heavy atom. The minimum Gasteiger partial charge on any atom is -0.309 e. The molecule has 0 bridgehead atoms. The average molecular weight is 460 g/mol. The van der Waals surface area contributed by atoms with Crippen molar-refractivity contribution in [1.82, 2.24) is 20.1 Å². The molecular weight excluding hydrogens is 434 g/mol. The van der Waals surface area contributed by atoms with Crippen LogP contribution in [0.1, 0.15) is 22.7 Å². The molecule has 2 aromatic carbocycles. The Bertz CT molecular complexity index is 1200. The zero-order valence-corrected chi connectivity index (χ0v) is 19.4. The van der Waals surface area contributed by atoms with E-state index in [0.717, 1.165) is 23.1 Å². The van der Waals surface area contributed by atoms with Gasteiger partial charge in [0, 0.05) is 42.1 Å². The lowest BCUT2D eigenvalue weighted by atomic mass is 10.0. The Labute approximate surface area is 198 Å². The molecule has 6 nitrogen and oxygen atoms in total. The molecule has 0 radical (unpaired) electrons. The van der Waals surface area contributed by atoms with Crippen LogP contribution in [0, 0.1) is 6.92 Å². The van der Waals surface area contributed by atoms with Crippen molar-refractivity contribution in [2.24, 2.45) is 7.05 Å². The summed E-state index contributed by atoms with van der Waals surface area (Å²) in [6.07, 6.45) is 6.25.